The fraction of sp³-hybridized carbons (Fsp3) is 0.409. The molecule has 2 fully saturated rings. The lowest BCUT2D eigenvalue weighted by molar-refractivity contribution is -0.117. The molecular formula is C22H25ClN2OS. The van der Waals surface area contributed by atoms with Crippen LogP contribution in [-0.2, 0) is 11.3 Å². The van der Waals surface area contributed by atoms with Crippen molar-refractivity contribution in [3.8, 4) is 0 Å². The summed E-state index contributed by atoms with van der Waals surface area (Å²) in [5.74, 6) is 2.79. The number of nitrogens with zero attached hydrogens (tertiary/aromatic N) is 1. The summed E-state index contributed by atoms with van der Waals surface area (Å²) < 4.78 is 0. The standard InChI is InChI=1S/C22H25ClN2OS/c1-15-16(14-25-9-11-27-12-10-25)5-4-8-21(15)24-22(26)19-13-18(19)17-6-2-3-7-20(17)23/h2-8,18-19H,9-14H2,1H3,(H,24,26). The molecule has 1 heterocycles. The smallest absolute Gasteiger partial charge is 0.228 e. The van der Waals surface area contributed by atoms with E-state index < -0.39 is 0 Å². The second-order valence-electron chi connectivity index (χ2n) is 7.44. The number of anilines is 1. The van der Waals surface area contributed by atoms with Crippen molar-refractivity contribution in [3.05, 3.63) is 64.2 Å². The first-order valence-electron chi connectivity index (χ1n) is 9.57. The summed E-state index contributed by atoms with van der Waals surface area (Å²) in [6.45, 7) is 5.36. The van der Waals surface area contributed by atoms with Crippen LogP contribution in [0.3, 0.4) is 0 Å². The molecule has 0 bridgehead atoms. The molecule has 2 atom stereocenters. The molecule has 1 aliphatic heterocycles. The molecule has 1 N–H and O–H groups in total. The number of nitrogens with one attached hydrogen (secondary N) is 1. The molecule has 4 rings (SSSR count). The van der Waals surface area contributed by atoms with E-state index in [1.165, 1.54) is 22.6 Å². The second kappa shape index (κ2) is 8.26. The Bertz CT molecular complexity index is 835. The molecular weight excluding hydrogens is 376 g/mol. The Morgan fingerprint density at radius 2 is 1.96 bits per heavy atom. The quantitative estimate of drug-likeness (QED) is 0.771. The van der Waals surface area contributed by atoms with Gasteiger partial charge in [0.25, 0.3) is 0 Å². The minimum Gasteiger partial charge on any atom is -0.326 e. The van der Waals surface area contributed by atoms with Gasteiger partial charge in [0.2, 0.25) is 5.91 Å². The summed E-state index contributed by atoms with van der Waals surface area (Å²) in [6, 6.07) is 14.1. The molecule has 2 aliphatic rings. The molecule has 27 heavy (non-hydrogen) atoms. The van der Waals surface area contributed by atoms with Crippen molar-refractivity contribution in [1.29, 1.82) is 0 Å². The summed E-state index contributed by atoms with van der Waals surface area (Å²) in [6.07, 6.45) is 0.875. The van der Waals surface area contributed by atoms with Crippen LogP contribution < -0.4 is 5.32 Å². The maximum Gasteiger partial charge on any atom is 0.228 e. The molecule has 3 nitrogen and oxygen atoms in total. The normalized spacial score (nSPS) is 22.4. The van der Waals surface area contributed by atoms with Gasteiger partial charge in [-0.25, -0.2) is 0 Å². The summed E-state index contributed by atoms with van der Waals surface area (Å²) in [7, 11) is 0. The molecule has 1 aliphatic carbocycles. The van der Waals surface area contributed by atoms with Crippen molar-refractivity contribution in [2.24, 2.45) is 5.92 Å². The Kier molecular flexibility index (Phi) is 5.76. The second-order valence-corrected chi connectivity index (χ2v) is 9.07. The van der Waals surface area contributed by atoms with Gasteiger partial charge in [-0.2, -0.15) is 11.8 Å². The molecule has 2 unspecified atom stereocenters. The average molecular weight is 401 g/mol. The molecule has 0 spiro atoms. The van der Waals surface area contributed by atoms with E-state index in [4.69, 9.17) is 11.6 Å². The van der Waals surface area contributed by atoms with Crippen molar-refractivity contribution in [2.45, 2.75) is 25.8 Å². The number of hydrogen-bond donors (Lipinski definition) is 1. The van der Waals surface area contributed by atoms with Crippen molar-refractivity contribution in [1.82, 2.24) is 4.90 Å². The highest BCUT2D eigenvalue weighted by Crippen LogP contribution is 2.50. The van der Waals surface area contributed by atoms with Crippen molar-refractivity contribution in [2.75, 3.05) is 29.9 Å². The topological polar surface area (TPSA) is 32.3 Å². The number of thioether (sulfide) groups is 1. The zero-order valence-electron chi connectivity index (χ0n) is 15.6. The Balaban J connectivity index is 1.41. The lowest BCUT2D eigenvalue weighted by atomic mass is 10.1. The first-order valence-corrected chi connectivity index (χ1v) is 11.1. The van der Waals surface area contributed by atoms with Crippen LogP contribution >= 0.6 is 23.4 Å². The first kappa shape index (κ1) is 18.9. The van der Waals surface area contributed by atoms with Crippen LogP contribution in [0.2, 0.25) is 5.02 Å². The van der Waals surface area contributed by atoms with E-state index in [1.54, 1.807) is 0 Å². The van der Waals surface area contributed by atoms with Crippen LogP contribution in [0.15, 0.2) is 42.5 Å². The molecule has 142 valence electrons. The molecule has 2 aromatic carbocycles. The van der Waals surface area contributed by atoms with Gasteiger partial charge in [0.05, 0.1) is 0 Å². The van der Waals surface area contributed by atoms with Crippen molar-refractivity contribution >= 4 is 35.0 Å². The lowest BCUT2D eigenvalue weighted by Gasteiger charge is -2.27. The third-order valence-electron chi connectivity index (χ3n) is 5.63. The summed E-state index contributed by atoms with van der Waals surface area (Å²) in [5.41, 5.74) is 4.51. The van der Waals surface area contributed by atoms with E-state index in [2.05, 4.69) is 29.3 Å². The fourth-order valence-electron chi connectivity index (χ4n) is 3.82. The van der Waals surface area contributed by atoms with Crippen molar-refractivity contribution in [3.63, 3.8) is 0 Å². The fourth-order valence-corrected chi connectivity index (χ4v) is 5.07. The molecule has 0 aromatic heterocycles. The number of halogens is 1. The first-order chi connectivity index (χ1) is 13.1. The third-order valence-corrected chi connectivity index (χ3v) is 6.92. The number of carbonyl (C=O) groups is 1. The molecule has 1 saturated carbocycles. The van der Waals surface area contributed by atoms with Crippen LogP contribution in [0.25, 0.3) is 0 Å². The number of benzene rings is 2. The van der Waals surface area contributed by atoms with E-state index in [0.717, 1.165) is 42.3 Å². The van der Waals surface area contributed by atoms with E-state index in [9.17, 15) is 4.79 Å². The number of carbonyl (C=O) groups excluding carboxylic acids is 1. The van der Waals surface area contributed by atoms with Gasteiger partial charge in [0.1, 0.15) is 0 Å². The number of hydrogen-bond acceptors (Lipinski definition) is 3. The van der Waals surface area contributed by atoms with Gasteiger partial charge >= 0.3 is 0 Å². The molecule has 2 aromatic rings. The number of amides is 1. The van der Waals surface area contributed by atoms with Gasteiger partial charge in [0.15, 0.2) is 0 Å². The largest absolute Gasteiger partial charge is 0.326 e. The van der Waals surface area contributed by atoms with E-state index in [0.29, 0.717) is 0 Å². The maximum absolute atomic E-state index is 12.8. The predicted molar refractivity (Wildman–Crippen MR) is 115 cm³/mol. The highest BCUT2D eigenvalue weighted by atomic mass is 35.5. The molecule has 1 saturated heterocycles. The average Bonchev–Trinajstić information content (AvgIpc) is 3.47. The van der Waals surface area contributed by atoms with Crippen LogP contribution in [0.4, 0.5) is 5.69 Å². The summed E-state index contributed by atoms with van der Waals surface area (Å²) >= 11 is 8.32. The molecule has 0 radical (unpaired) electrons. The van der Waals surface area contributed by atoms with E-state index >= 15 is 0 Å². The number of rotatable bonds is 5. The minimum atomic E-state index is 0.0204. The third kappa shape index (κ3) is 4.34. The highest BCUT2D eigenvalue weighted by molar-refractivity contribution is 7.99. The van der Waals surface area contributed by atoms with Crippen molar-refractivity contribution < 1.29 is 4.79 Å². The SMILES string of the molecule is Cc1c(CN2CCSCC2)cccc1NC(=O)C1CC1c1ccccc1Cl. The molecule has 1 amide bonds. The lowest BCUT2D eigenvalue weighted by Crippen LogP contribution is -2.32. The van der Waals surface area contributed by atoms with Gasteiger partial charge in [-0.3, -0.25) is 9.69 Å². The van der Waals surface area contributed by atoms with E-state index in [-0.39, 0.29) is 17.7 Å². The van der Waals surface area contributed by atoms with E-state index in [1.807, 2.05) is 42.1 Å². The maximum atomic E-state index is 12.8. The zero-order chi connectivity index (χ0) is 18.8. The van der Waals surface area contributed by atoms with Gasteiger partial charge in [-0.1, -0.05) is 41.9 Å². The zero-order valence-corrected chi connectivity index (χ0v) is 17.2. The molecule has 5 heteroatoms. The van der Waals surface area contributed by atoms with Gasteiger partial charge < -0.3 is 5.32 Å². The predicted octanol–water partition coefficient (Wildman–Crippen LogP) is 4.94. The van der Waals surface area contributed by atoms with Crippen LogP contribution in [0, 0.1) is 12.8 Å². The highest BCUT2D eigenvalue weighted by Gasteiger charge is 2.44. The summed E-state index contributed by atoms with van der Waals surface area (Å²) in [5, 5.41) is 3.92. The monoisotopic (exact) mass is 400 g/mol. The Hall–Kier alpha value is -1.49. The van der Waals surface area contributed by atoms with Gasteiger partial charge in [-0.15, -0.1) is 0 Å². The van der Waals surface area contributed by atoms with Crippen LogP contribution in [-0.4, -0.2) is 35.4 Å². The van der Waals surface area contributed by atoms with Gasteiger partial charge in [0, 0.05) is 47.8 Å². The van der Waals surface area contributed by atoms with Crippen LogP contribution in [0.5, 0.6) is 0 Å². The Labute approximate surface area is 170 Å². The summed E-state index contributed by atoms with van der Waals surface area (Å²) in [4.78, 5) is 15.3. The Morgan fingerprint density at radius 3 is 2.74 bits per heavy atom. The Morgan fingerprint density at radius 1 is 1.19 bits per heavy atom. The minimum absolute atomic E-state index is 0.0204. The van der Waals surface area contributed by atoms with Gasteiger partial charge in [-0.05, 0) is 48.1 Å². The van der Waals surface area contributed by atoms with Crippen LogP contribution in [0.1, 0.15) is 29.0 Å².